The average molecular weight is 347 g/mol. The Morgan fingerprint density at radius 3 is 2.50 bits per heavy atom. The molecule has 0 spiro atoms. The summed E-state index contributed by atoms with van der Waals surface area (Å²) in [6.07, 6.45) is -1.09. The molecule has 0 radical (unpaired) electrons. The number of esters is 1. The lowest BCUT2D eigenvalue weighted by Crippen LogP contribution is -2.30. The maximum absolute atomic E-state index is 13.0. The molecule has 0 aliphatic carbocycles. The Morgan fingerprint density at radius 1 is 1.25 bits per heavy atom. The van der Waals surface area contributed by atoms with Gasteiger partial charge in [0.05, 0.1) is 27.9 Å². The first-order valence-electron chi connectivity index (χ1n) is 6.88. The van der Waals surface area contributed by atoms with Crippen LogP contribution in [0.1, 0.15) is 22.8 Å². The SMILES string of the molecule is CC(OC(=O)c1ccc(C#N)cc1)C(=O)Nc1ccc(F)cc1Cl. The number of nitrogens with zero attached hydrogens (tertiary/aromatic N) is 1. The standard InChI is InChI=1S/C17H12ClFN2O3/c1-10(16(22)21-15-7-6-13(19)8-14(15)18)24-17(23)12-4-2-11(9-20)3-5-12/h2-8,10H,1H3,(H,21,22). The molecule has 0 aromatic heterocycles. The minimum absolute atomic E-state index is 0.0361. The molecular formula is C17H12ClFN2O3. The van der Waals surface area contributed by atoms with Crippen LogP contribution in [0.25, 0.3) is 0 Å². The topological polar surface area (TPSA) is 79.2 Å². The lowest BCUT2D eigenvalue weighted by atomic mass is 10.1. The molecule has 1 N–H and O–H groups in total. The van der Waals surface area contributed by atoms with Gasteiger partial charge in [-0.15, -0.1) is 0 Å². The lowest BCUT2D eigenvalue weighted by molar-refractivity contribution is -0.123. The first-order valence-corrected chi connectivity index (χ1v) is 7.25. The van der Waals surface area contributed by atoms with Crippen molar-refractivity contribution in [3.8, 4) is 6.07 Å². The highest BCUT2D eigenvalue weighted by Crippen LogP contribution is 2.22. The van der Waals surface area contributed by atoms with Gasteiger partial charge in [-0.2, -0.15) is 5.26 Å². The average Bonchev–Trinajstić information content (AvgIpc) is 2.57. The van der Waals surface area contributed by atoms with Crippen LogP contribution in [0.2, 0.25) is 5.02 Å². The van der Waals surface area contributed by atoms with Crippen LogP contribution in [-0.2, 0) is 9.53 Å². The van der Waals surface area contributed by atoms with Crippen LogP contribution in [0.4, 0.5) is 10.1 Å². The van der Waals surface area contributed by atoms with Crippen LogP contribution in [0.5, 0.6) is 0 Å². The summed E-state index contributed by atoms with van der Waals surface area (Å²) < 4.78 is 18.0. The molecule has 0 aliphatic rings. The van der Waals surface area contributed by atoms with E-state index in [4.69, 9.17) is 21.6 Å². The van der Waals surface area contributed by atoms with Gasteiger partial charge in [0.1, 0.15) is 5.82 Å². The molecule has 122 valence electrons. The number of benzene rings is 2. The van der Waals surface area contributed by atoms with Crippen LogP contribution in [0.3, 0.4) is 0 Å². The number of rotatable bonds is 4. The van der Waals surface area contributed by atoms with E-state index >= 15 is 0 Å². The smallest absolute Gasteiger partial charge is 0.338 e. The summed E-state index contributed by atoms with van der Waals surface area (Å²) in [7, 11) is 0. The van der Waals surface area contributed by atoms with E-state index in [0.717, 1.165) is 12.1 Å². The highest BCUT2D eigenvalue weighted by Gasteiger charge is 2.20. The van der Waals surface area contributed by atoms with Gasteiger partial charge in [0.25, 0.3) is 5.91 Å². The van der Waals surface area contributed by atoms with Crippen molar-refractivity contribution in [2.45, 2.75) is 13.0 Å². The van der Waals surface area contributed by atoms with Crippen LogP contribution in [0, 0.1) is 17.1 Å². The van der Waals surface area contributed by atoms with E-state index in [-0.39, 0.29) is 16.3 Å². The highest BCUT2D eigenvalue weighted by atomic mass is 35.5. The summed E-state index contributed by atoms with van der Waals surface area (Å²) in [5.74, 6) is -1.84. The van der Waals surface area contributed by atoms with E-state index < -0.39 is 23.8 Å². The fraction of sp³-hybridized carbons (Fsp3) is 0.118. The summed E-state index contributed by atoms with van der Waals surface area (Å²) in [4.78, 5) is 24.0. The van der Waals surface area contributed by atoms with Crippen LogP contribution in [-0.4, -0.2) is 18.0 Å². The normalized spacial score (nSPS) is 11.2. The number of hydrogen-bond acceptors (Lipinski definition) is 4. The fourth-order valence-electron chi connectivity index (χ4n) is 1.79. The predicted octanol–water partition coefficient (Wildman–Crippen LogP) is 3.53. The number of halogens is 2. The van der Waals surface area contributed by atoms with E-state index in [1.54, 1.807) is 0 Å². The molecule has 2 rings (SSSR count). The van der Waals surface area contributed by atoms with E-state index in [1.807, 2.05) is 6.07 Å². The van der Waals surface area contributed by atoms with Crippen molar-refractivity contribution < 1.29 is 18.7 Å². The van der Waals surface area contributed by atoms with Crippen molar-refractivity contribution in [1.82, 2.24) is 0 Å². The Bertz CT molecular complexity index is 816. The third-order valence-corrected chi connectivity index (χ3v) is 3.40. The van der Waals surface area contributed by atoms with Gasteiger partial charge in [-0.05, 0) is 49.4 Å². The molecule has 1 atom stereocenters. The molecule has 1 amide bonds. The zero-order chi connectivity index (χ0) is 17.7. The third-order valence-electron chi connectivity index (χ3n) is 3.09. The molecule has 0 saturated heterocycles. The third kappa shape index (κ3) is 4.31. The summed E-state index contributed by atoms with van der Waals surface area (Å²) in [5.41, 5.74) is 0.834. The van der Waals surface area contributed by atoms with Gasteiger partial charge in [0.2, 0.25) is 0 Å². The van der Waals surface area contributed by atoms with Gasteiger partial charge in [0.15, 0.2) is 6.10 Å². The van der Waals surface area contributed by atoms with Crippen molar-refractivity contribution >= 4 is 29.2 Å². The first-order chi connectivity index (χ1) is 11.4. The molecule has 0 saturated carbocycles. The number of carbonyl (C=O) groups excluding carboxylic acids is 2. The van der Waals surface area contributed by atoms with Crippen LogP contribution in [0.15, 0.2) is 42.5 Å². The molecule has 0 bridgehead atoms. The lowest BCUT2D eigenvalue weighted by Gasteiger charge is -2.14. The molecule has 0 heterocycles. The molecule has 2 aromatic carbocycles. The van der Waals surface area contributed by atoms with Gasteiger partial charge in [-0.3, -0.25) is 4.79 Å². The molecule has 0 aliphatic heterocycles. The number of ether oxygens (including phenoxy) is 1. The first kappa shape index (κ1) is 17.4. The number of amides is 1. The van der Waals surface area contributed by atoms with E-state index in [2.05, 4.69) is 5.32 Å². The second-order valence-electron chi connectivity index (χ2n) is 4.85. The predicted molar refractivity (Wildman–Crippen MR) is 86.1 cm³/mol. The number of carbonyl (C=O) groups is 2. The summed E-state index contributed by atoms with van der Waals surface area (Å²) in [6, 6.07) is 11.3. The molecule has 5 nitrogen and oxygen atoms in total. The zero-order valence-electron chi connectivity index (χ0n) is 12.5. The van der Waals surface area contributed by atoms with Crippen LogP contribution < -0.4 is 5.32 Å². The van der Waals surface area contributed by atoms with E-state index in [0.29, 0.717) is 5.56 Å². The van der Waals surface area contributed by atoms with Gasteiger partial charge in [0, 0.05) is 0 Å². The van der Waals surface area contributed by atoms with Gasteiger partial charge in [-0.1, -0.05) is 11.6 Å². The second-order valence-corrected chi connectivity index (χ2v) is 5.26. The number of anilines is 1. The van der Waals surface area contributed by atoms with Crippen molar-refractivity contribution in [3.63, 3.8) is 0 Å². The number of nitriles is 1. The monoisotopic (exact) mass is 346 g/mol. The van der Waals surface area contributed by atoms with Gasteiger partial charge >= 0.3 is 5.97 Å². The quantitative estimate of drug-likeness (QED) is 0.859. The Balaban J connectivity index is 2.00. The molecule has 1 unspecified atom stereocenters. The summed E-state index contributed by atoms with van der Waals surface area (Å²) >= 11 is 5.82. The summed E-state index contributed by atoms with van der Waals surface area (Å²) in [5, 5.41) is 11.2. The molecule has 2 aromatic rings. The Labute approximate surface area is 142 Å². The van der Waals surface area contributed by atoms with Crippen LogP contribution >= 0.6 is 11.6 Å². The van der Waals surface area contributed by atoms with Gasteiger partial charge in [-0.25, -0.2) is 9.18 Å². The number of hydrogen-bond donors (Lipinski definition) is 1. The van der Waals surface area contributed by atoms with E-state index in [1.165, 1.54) is 37.3 Å². The van der Waals surface area contributed by atoms with Crippen molar-refractivity contribution in [2.75, 3.05) is 5.32 Å². The molecular weight excluding hydrogens is 335 g/mol. The Morgan fingerprint density at radius 2 is 1.92 bits per heavy atom. The number of nitrogens with one attached hydrogen (secondary N) is 1. The minimum Gasteiger partial charge on any atom is -0.449 e. The van der Waals surface area contributed by atoms with E-state index in [9.17, 15) is 14.0 Å². The maximum atomic E-state index is 13.0. The Hall–Kier alpha value is -2.91. The summed E-state index contributed by atoms with van der Waals surface area (Å²) in [6.45, 7) is 1.40. The highest BCUT2D eigenvalue weighted by molar-refractivity contribution is 6.33. The molecule has 24 heavy (non-hydrogen) atoms. The fourth-order valence-corrected chi connectivity index (χ4v) is 2.00. The molecule has 0 fully saturated rings. The largest absolute Gasteiger partial charge is 0.449 e. The zero-order valence-corrected chi connectivity index (χ0v) is 13.3. The Kier molecular flexibility index (Phi) is 5.51. The van der Waals surface area contributed by atoms with Gasteiger partial charge < -0.3 is 10.1 Å². The minimum atomic E-state index is -1.09. The van der Waals surface area contributed by atoms with Crippen molar-refractivity contribution in [3.05, 3.63) is 64.4 Å². The van der Waals surface area contributed by atoms with Crippen molar-refractivity contribution in [2.24, 2.45) is 0 Å². The molecule has 7 heteroatoms. The van der Waals surface area contributed by atoms with Crippen molar-refractivity contribution in [1.29, 1.82) is 5.26 Å². The second kappa shape index (κ2) is 7.57. The maximum Gasteiger partial charge on any atom is 0.338 e.